The predicted octanol–water partition coefficient (Wildman–Crippen LogP) is 5.10. The normalized spacial score (nSPS) is 14.5. The van der Waals surface area contributed by atoms with Crippen LogP contribution in [-0.2, 0) is 11.3 Å². The predicted molar refractivity (Wildman–Crippen MR) is 120 cm³/mol. The highest BCUT2D eigenvalue weighted by Gasteiger charge is 2.27. The lowest BCUT2D eigenvalue weighted by Crippen LogP contribution is -2.46. The molecule has 1 saturated heterocycles. The summed E-state index contributed by atoms with van der Waals surface area (Å²) in [5.41, 5.74) is 4.31. The van der Waals surface area contributed by atoms with Crippen LogP contribution in [0.2, 0.25) is 5.02 Å². The summed E-state index contributed by atoms with van der Waals surface area (Å²) in [7, 11) is 1.81. The average Bonchev–Trinajstić information content (AvgIpc) is 3.31. The molecule has 1 fully saturated rings. The standard InChI is InChI=1S/C22H23ClN4O2S/c1-26(22(28)29-13-16-14-30-15-24-16)17-9-11-27(12-10-17)21-8-4-7-20(25-21)18-5-2-3-6-19(18)23/h2-8,14-15,17H,9-13H2,1H3. The van der Waals surface area contributed by atoms with Crippen molar-refractivity contribution in [1.82, 2.24) is 14.9 Å². The van der Waals surface area contributed by atoms with Gasteiger partial charge in [0.1, 0.15) is 12.4 Å². The van der Waals surface area contributed by atoms with Gasteiger partial charge in [0.15, 0.2) is 0 Å². The number of benzene rings is 1. The minimum absolute atomic E-state index is 0.149. The molecule has 0 spiro atoms. The van der Waals surface area contributed by atoms with Crippen LogP contribution in [0.4, 0.5) is 10.6 Å². The van der Waals surface area contributed by atoms with Gasteiger partial charge in [-0.05, 0) is 31.0 Å². The van der Waals surface area contributed by atoms with Crippen molar-refractivity contribution in [2.24, 2.45) is 0 Å². The molecular formula is C22H23ClN4O2S. The highest BCUT2D eigenvalue weighted by Crippen LogP contribution is 2.28. The van der Waals surface area contributed by atoms with E-state index in [0.717, 1.165) is 48.7 Å². The summed E-state index contributed by atoms with van der Waals surface area (Å²) < 4.78 is 5.38. The van der Waals surface area contributed by atoms with Crippen molar-refractivity contribution in [2.75, 3.05) is 25.0 Å². The minimum Gasteiger partial charge on any atom is -0.443 e. The van der Waals surface area contributed by atoms with Crippen LogP contribution < -0.4 is 4.90 Å². The summed E-state index contributed by atoms with van der Waals surface area (Å²) >= 11 is 7.82. The van der Waals surface area contributed by atoms with Gasteiger partial charge in [0.2, 0.25) is 0 Å². The van der Waals surface area contributed by atoms with E-state index in [-0.39, 0.29) is 18.7 Å². The van der Waals surface area contributed by atoms with Crippen LogP contribution in [0.1, 0.15) is 18.5 Å². The number of thiazole rings is 1. The molecule has 6 nitrogen and oxygen atoms in total. The van der Waals surface area contributed by atoms with Crippen LogP contribution >= 0.6 is 22.9 Å². The number of aromatic nitrogens is 2. The molecule has 30 heavy (non-hydrogen) atoms. The van der Waals surface area contributed by atoms with Crippen molar-refractivity contribution in [3.63, 3.8) is 0 Å². The number of pyridine rings is 1. The van der Waals surface area contributed by atoms with Crippen LogP contribution in [0.25, 0.3) is 11.3 Å². The zero-order valence-corrected chi connectivity index (χ0v) is 18.3. The van der Waals surface area contributed by atoms with Gasteiger partial charge in [-0.15, -0.1) is 11.3 Å². The number of piperidine rings is 1. The first-order chi connectivity index (χ1) is 14.6. The molecule has 0 saturated carbocycles. The number of nitrogens with zero attached hydrogens (tertiary/aromatic N) is 4. The van der Waals surface area contributed by atoms with E-state index < -0.39 is 0 Å². The van der Waals surface area contributed by atoms with E-state index in [9.17, 15) is 4.79 Å². The third-order valence-corrected chi connectivity index (χ3v) is 6.30. The van der Waals surface area contributed by atoms with Gasteiger partial charge in [-0.2, -0.15) is 0 Å². The van der Waals surface area contributed by atoms with Gasteiger partial charge in [-0.1, -0.05) is 35.9 Å². The number of anilines is 1. The molecule has 0 N–H and O–H groups in total. The molecule has 0 unspecified atom stereocenters. The van der Waals surface area contributed by atoms with Crippen molar-refractivity contribution in [3.8, 4) is 11.3 Å². The maximum Gasteiger partial charge on any atom is 0.410 e. The molecule has 1 aliphatic rings. The third kappa shape index (κ3) is 4.74. The summed E-state index contributed by atoms with van der Waals surface area (Å²) in [4.78, 5) is 25.3. The van der Waals surface area contributed by atoms with E-state index in [4.69, 9.17) is 21.3 Å². The lowest BCUT2D eigenvalue weighted by Gasteiger charge is -2.36. The van der Waals surface area contributed by atoms with Crippen LogP contribution in [0.5, 0.6) is 0 Å². The molecule has 156 valence electrons. The molecular weight excluding hydrogens is 420 g/mol. The lowest BCUT2D eigenvalue weighted by atomic mass is 10.0. The molecule has 4 rings (SSSR count). The van der Waals surface area contributed by atoms with Gasteiger partial charge in [0, 0.05) is 42.1 Å². The van der Waals surface area contributed by atoms with Crippen molar-refractivity contribution in [2.45, 2.75) is 25.5 Å². The van der Waals surface area contributed by atoms with E-state index in [1.165, 1.54) is 11.3 Å². The molecule has 2 aromatic heterocycles. The van der Waals surface area contributed by atoms with Gasteiger partial charge in [-0.25, -0.2) is 14.8 Å². The Morgan fingerprint density at radius 3 is 2.77 bits per heavy atom. The fourth-order valence-corrected chi connectivity index (χ4v) is 4.37. The van der Waals surface area contributed by atoms with Gasteiger partial charge in [0.25, 0.3) is 0 Å². The lowest BCUT2D eigenvalue weighted by molar-refractivity contribution is 0.0854. The van der Waals surface area contributed by atoms with Crippen LogP contribution in [-0.4, -0.2) is 47.1 Å². The Labute approximate surface area is 185 Å². The molecule has 0 radical (unpaired) electrons. The number of rotatable bonds is 5. The van der Waals surface area contributed by atoms with Gasteiger partial charge in [-0.3, -0.25) is 0 Å². The van der Waals surface area contributed by atoms with Gasteiger partial charge in [0.05, 0.1) is 16.9 Å². The summed E-state index contributed by atoms with van der Waals surface area (Å²) in [5, 5.41) is 2.58. The summed E-state index contributed by atoms with van der Waals surface area (Å²) in [6.07, 6.45) is 1.42. The Bertz CT molecular complexity index is 990. The summed E-state index contributed by atoms with van der Waals surface area (Å²) in [6, 6.07) is 13.9. The molecule has 3 heterocycles. The van der Waals surface area contributed by atoms with E-state index in [1.807, 2.05) is 47.8 Å². The minimum atomic E-state index is -0.305. The topological polar surface area (TPSA) is 58.6 Å². The number of ether oxygens (including phenoxy) is 1. The highest BCUT2D eigenvalue weighted by molar-refractivity contribution is 7.07. The van der Waals surface area contributed by atoms with Gasteiger partial charge < -0.3 is 14.5 Å². The molecule has 1 amide bonds. The molecule has 0 atom stereocenters. The number of halogens is 1. The molecule has 1 aromatic carbocycles. The molecule has 3 aromatic rings. The number of amides is 1. The Morgan fingerprint density at radius 1 is 1.23 bits per heavy atom. The summed E-state index contributed by atoms with van der Waals surface area (Å²) in [5.74, 6) is 0.930. The van der Waals surface area contributed by atoms with Crippen LogP contribution in [0.15, 0.2) is 53.4 Å². The Kier molecular flexibility index (Phi) is 6.50. The fraction of sp³-hybridized carbons (Fsp3) is 0.318. The Balaban J connectivity index is 1.35. The zero-order valence-electron chi connectivity index (χ0n) is 16.7. The van der Waals surface area contributed by atoms with E-state index in [0.29, 0.717) is 5.02 Å². The van der Waals surface area contributed by atoms with E-state index in [1.54, 1.807) is 17.5 Å². The quantitative estimate of drug-likeness (QED) is 0.550. The maximum atomic E-state index is 12.4. The fourth-order valence-electron chi connectivity index (χ4n) is 3.60. The molecule has 0 aliphatic carbocycles. The first-order valence-corrected chi connectivity index (χ1v) is 11.2. The Hall–Kier alpha value is -2.64. The number of carbonyl (C=O) groups is 1. The van der Waals surface area contributed by atoms with Crippen molar-refractivity contribution < 1.29 is 9.53 Å². The van der Waals surface area contributed by atoms with Crippen molar-refractivity contribution >= 4 is 34.8 Å². The zero-order chi connectivity index (χ0) is 20.9. The Morgan fingerprint density at radius 2 is 2.03 bits per heavy atom. The van der Waals surface area contributed by atoms with Gasteiger partial charge >= 0.3 is 6.09 Å². The summed E-state index contributed by atoms with van der Waals surface area (Å²) in [6.45, 7) is 1.87. The first-order valence-electron chi connectivity index (χ1n) is 9.85. The number of hydrogen-bond acceptors (Lipinski definition) is 6. The van der Waals surface area contributed by atoms with Crippen molar-refractivity contribution in [3.05, 3.63) is 64.1 Å². The highest BCUT2D eigenvalue weighted by atomic mass is 35.5. The van der Waals surface area contributed by atoms with Crippen LogP contribution in [0.3, 0.4) is 0 Å². The second kappa shape index (κ2) is 9.45. The maximum absolute atomic E-state index is 12.4. The largest absolute Gasteiger partial charge is 0.443 e. The SMILES string of the molecule is CN(C(=O)OCc1cscn1)C1CCN(c2cccc(-c3ccccc3Cl)n2)CC1. The molecule has 8 heteroatoms. The average molecular weight is 443 g/mol. The number of hydrogen-bond donors (Lipinski definition) is 0. The molecule has 1 aliphatic heterocycles. The smallest absolute Gasteiger partial charge is 0.410 e. The van der Waals surface area contributed by atoms with Crippen LogP contribution in [0, 0.1) is 0 Å². The number of carbonyl (C=O) groups excluding carboxylic acids is 1. The first kappa shape index (κ1) is 20.6. The molecule has 0 bridgehead atoms. The second-order valence-electron chi connectivity index (χ2n) is 7.22. The van der Waals surface area contributed by atoms with E-state index >= 15 is 0 Å². The monoisotopic (exact) mass is 442 g/mol. The van der Waals surface area contributed by atoms with Crippen molar-refractivity contribution in [1.29, 1.82) is 0 Å². The van der Waals surface area contributed by atoms with E-state index in [2.05, 4.69) is 9.88 Å². The second-order valence-corrected chi connectivity index (χ2v) is 8.35. The third-order valence-electron chi connectivity index (χ3n) is 5.34.